The zero-order valence-corrected chi connectivity index (χ0v) is 13.3. The van der Waals surface area contributed by atoms with Crippen molar-refractivity contribution in [3.63, 3.8) is 0 Å². The van der Waals surface area contributed by atoms with Crippen molar-refractivity contribution in [1.29, 1.82) is 0 Å². The van der Waals surface area contributed by atoms with Gasteiger partial charge in [0.15, 0.2) is 0 Å². The summed E-state index contributed by atoms with van der Waals surface area (Å²) >= 11 is 0. The molecular formula is C18H28N2O. The third-order valence-corrected chi connectivity index (χ3v) is 5.43. The van der Waals surface area contributed by atoms with Crippen molar-refractivity contribution in [1.82, 2.24) is 9.80 Å². The zero-order valence-electron chi connectivity index (χ0n) is 13.3. The Balaban J connectivity index is 1.79. The predicted octanol–water partition coefficient (Wildman–Crippen LogP) is 2.45. The Kier molecular flexibility index (Phi) is 4.63. The highest BCUT2D eigenvalue weighted by Crippen LogP contribution is 2.32. The van der Waals surface area contributed by atoms with Gasteiger partial charge in [0.05, 0.1) is 6.10 Å². The van der Waals surface area contributed by atoms with Crippen molar-refractivity contribution in [2.45, 2.75) is 50.8 Å². The normalized spacial score (nSPS) is 31.7. The van der Waals surface area contributed by atoms with Crippen molar-refractivity contribution >= 4 is 0 Å². The molecule has 2 aliphatic rings. The number of fused-ring (bicyclic) bond motifs is 1. The zero-order chi connectivity index (χ0) is 14.8. The van der Waals surface area contributed by atoms with Crippen LogP contribution in [0.2, 0.25) is 0 Å². The molecule has 3 rings (SSSR count). The van der Waals surface area contributed by atoms with Crippen molar-refractivity contribution in [2.24, 2.45) is 0 Å². The van der Waals surface area contributed by atoms with Gasteiger partial charge in [0.2, 0.25) is 0 Å². The molecule has 116 valence electrons. The molecule has 1 saturated heterocycles. The van der Waals surface area contributed by atoms with Crippen LogP contribution in [-0.2, 0) is 6.42 Å². The van der Waals surface area contributed by atoms with Gasteiger partial charge in [0, 0.05) is 31.7 Å². The van der Waals surface area contributed by atoms with E-state index >= 15 is 0 Å². The van der Waals surface area contributed by atoms with Crippen LogP contribution >= 0.6 is 0 Å². The summed E-state index contributed by atoms with van der Waals surface area (Å²) in [5.74, 6) is 0. The number of aliphatic hydroxyl groups excluding tert-OH is 1. The van der Waals surface area contributed by atoms with Crippen LogP contribution in [0.5, 0.6) is 0 Å². The van der Waals surface area contributed by atoms with Crippen LogP contribution in [0.15, 0.2) is 24.3 Å². The van der Waals surface area contributed by atoms with Gasteiger partial charge in [-0.3, -0.25) is 4.90 Å². The number of hydrogen-bond donors (Lipinski definition) is 1. The summed E-state index contributed by atoms with van der Waals surface area (Å²) in [4.78, 5) is 5.01. The highest BCUT2D eigenvalue weighted by molar-refractivity contribution is 5.31. The summed E-state index contributed by atoms with van der Waals surface area (Å²) in [6.45, 7) is 5.56. The average Bonchev–Trinajstić information content (AvgIpc) is 2.68. The Morgan fingerprint density at radius 1 is 1.24 bits per heavy atom. The van der Waals surface area contributed by atoms with Crippen LogP contribution in [-0.4, -0.2) is 53.7 Å². The molecule has 1 aromatic rings. The fourth-order valence-electron chi connectivity index (χ4n) is 4.01. The molecule has 0 bridgehead atoms. The number of aryl methyl sites for hydroxylation is 1. The van der Waals surface area contributed by atoms with Crippen molar-refractivity contribution < 1.29 is 5.11 Å². The second kappa shape index (κ2) is 6.47. The molecule has 3 atom stereocenters. The topological polar surface area (TPSA) is 26.7 Å². The second-order valence-corrected chi connectivity index (χ2v) is 6.64. The Bertz CT molecular complexity index is 476. The molecule has 1 aliphatic carbocycles. The fraction of sp³-hybridized carbons (Fsp3) is 0.667. The molecule has 3 heteroatoms. The lowest BCUT2D eigenvalue weighted by atomic mass is 9.96. The minimum Gasteiger partial charge on any atom is -0.387 e. The first-order chi connectivity index (χ1) is 10.2. The summed E-state index contributed by atoms with van der Waals surface area (Å²) in [7, 11) is 2.23. The van der Waals surface area contributed by atoms with Gasteiger partial charge in [-0.2, -0.15) is 0 Å². The van der Waals surface area contributed by atoms with Gasteiger partial charge in [-0.05, 0) is 43.9 Å². The Morgan fingerprint density at radius 2 is 2.05 bits per heavy atom. The first-order valence-electron chi connectivity index (χ1n) is 8.41. The number of hydrogen-bond acceptors (Lipinski definition) is 3. The molecule has 3 unspecified atom stereocenters. The van der Waals surface area contributed by atoms with Gasteiger partial charge in [-0.15, -0.1) is 0 Å². The molecule has 1 N–H and O–H groups in total. The Hall–Kier alpha value is -0.900. The lowest BCUT2D eigenvalue weighted by molar-refractivity contribution is -0.00108. The van der Waals surface area contributed by atoms with E-state index in [4.69, 9.17) is 0 Å². The summed E-state index contributed by atoms with van der Waals surface area (Å²) in [6.07, 6.45) is 4.25. The molecule has 0 amide bonds. The standard InChI is InChI=1S/C18H28N2O/c1-3-15-13-20(12-11-19(15)2)17-10-6-8-14-7-4-5-9-16(14)18(17)21/h4-5,7,9,15,17-18,21H,3,6,8,10-13H2,1-2H3. The molecule has 1 fully saturated rings. The number of nitrogens with zero attached hydrogens (tertiary/aromatic N) is 2. The molecule has 0 radical (unpaired) electrons. The molecule has 1 heterocycles. The van der Waals surface area contributed by atoms with E-state index in [-0.39, 0.29) is 12.1 Å². The summed E-state index contributed by atoms with van der Waals surface area (Å²) < 4.78 is 0. The monoisotopic (exact) mass is 288 g/mol. The smallest absolute Gasteiger partial charge is 0.0947 e. The highest BCUT2D eigenvalue weighted by atomic mass is 16.3. The van der Waals surface area contributed by atoms with Crippen molar-refractivity contribution in [3.05, 3.63) is 35.4 Å². The molecule has 0 spiro atoms. The minimum absolute atomic E-state index is 0.288. The van der Waals surface area contributed by atoms with Crippen LogP contribution in [0, 0.1) is 0 Å². The largest absolute Gasteiger partial charge is 0.387 e. The van der Waals surface area contributed by atoms with E-state index < -0.39 is 0 Å². The van der Waals surface area contributed by atoms with Crippen LogP contribution in [0.1, 0.15) is 43.4 Å². The highest BCUT2D eigenvalue weighted by Gasteiger charge is 2.34. The Morgan fingerprint density at radius 3 is 2.86 bits per heavy atom. The van der Waals surface area contributed by atoms with Gasteiger partial charge >= 0.3 is 0 Å². The van der Waals surface area contributed by atoms with Gasteiger partial charge in [-0.1, -0.05) is 31.2 Å². The number of aliphatic hydroxyl groups is 1. The molecular weight excluding hydrogens is 260 g/mol. The quantitative estimate of drug-likeness (QED) is 0.847. The molecule has 0 aromatic heterocycles. The van der Waals surface area contributed by atoms with E-state index in [0.717, 1.165) is 38.0 Å². The second-order valence-electron chi connectivity index (χ2n) is 6.64. The first-order valence-corrected chi connectivity index (χ1v) is 8.41. The number of likely N-dealkylation sites (N-methyl/N-ethyl adjacent to an activating group) is 1. The van der Waals surface area contributed by atoms with Crippen molar-refractivity contribution in [2.75, 3.05) is 26.7 Å². The molecule has 1 aromatic carbocycles. The van der Waals surface area contributed by atoms with E-state index in [1.807, 2.05) is 0 Å². The van der Waals surface area contributed by atoms with Gasteiger partial charge in [0.1, 0.15) is 0 Å². The molecule has 3 nitrogen and oxygen atoms in total. The number of piperazine rings is 1. The van der Waals surface area contributed by atoms with E-state index in [0.29, 0.717) is 6.04 Å². The maximum absolute atomic E-state index is 10.9. The third kappa shape index (κ3) is 3.01. The minimum atomic E-state index is -0.329. The maximum Gasteiger partial charge on any atom is 0.0947 e. The third-order valence-electron chi connectivity index (χ3n) is 5.43. The lowest BCUT2D eigenvalue weighted by Crippen LogP contribution is -2.55. The Labute approximate surface area is 128 Å². The van der Waals surface area contributed by atoms with Gasteiger partial charge < -0.3 is 10.0 Å². The molecule has 21 heavy (non-hydrogen) atoms. The van der Waals surface area contributed by atoms with Gasteiger partial charge in [0.25, 0.3) is 0 Å². The first kappa shape index (κ1) is 15.0. The maximum atomic E-state index is 10.9. The summed E-state index contributed by atoms with van der Waals surface area (Å²) in [5.41, 5.74) is 2.50. The number of rotatable bonds is 2. The van der Waals surface area contributed by atoms with E-state index in [9.17, 15) is 5.11 Å². The SMILES string of the molecule is CCC1CN(C2CCCc3ccccc3C2O)CCN1C. The van der Waals surface area contributed by atoms with Crippen LogP contribution in [0.25, 0.3) is 0 Å². The molecule has 0 saturated carbocycles. The average molecular weight is 288 g/mol. The number of benzene rings is 1. The molecule has 1 aliphatic heterocycles. The van der Waals surface area contributed by atoms with Gasteiger partial charge in [-0.25, -0.2) is 0 Å². The summed E-state index contributed by atoms with van der Waals surface area (Å²) in [5, 5.41) is 10.9. The predicted molar refractivity (Wildman–Crippen MR) is 86.4 cm³/mol. The van der Waals surface area contributed by atoms with E-state index in [1.54, 1.807) is 0 Å². The summed E-state index contributed by atoms with van der Waals surface area (Å²) in [6, 6.07) is 9.37. The van der Waals surface area contributed by atoms with Crippen LogP contribution < -0.4 is 0 Å². The van der Waals surface area contributed by atoms with E-state index in [1.165, 1.54) is 18.4 Å². The fourth-order valence-corrected chi connectivity index (χ4v) is 4.01. The van der Waals surface area contributed by atoms with E-state index in [2.05, 4.69) is 48.0 Å². The van der Waals surface area contributed by atoms with Crippen LogP contribution in [0.4, 0.5) is 0 Å². The van der Waals surface area contributed by atoms with Crippen molar-refractivity contribution in [3.8, 4) is 0 Å². The van der Waals surface area contributed by atoms with Crippen LogP contribution in [0.3, 0.4) is 0 Å². The lowest BCUT2D eigenvalue weighted by Gasteiger charge is -2.44.